The van der Waals surface area contributed by atoms with Gasteiger partial charge in [0.25, 0.3) is 0 Å². The van der Waals surface area contributed by atoms with Crippen molar-refractivity contribution in [1.82, 2.24) is 0 Å². The molecule has 0 saturated carbocycles. The van der Waals surface area contributed by atoms with Crippen molar-refractivity contribution in [3.63, 3.8) is 0 Å². The standard InChI is InChI=1S/C13H17F3N2OS2/c1-20-7-6-9(17)12(19)18-10-4-2-3-5-11(10)21-8-13(14,15)16/h2-5,9H,6-8,17H2,1H3,(H,18,19)/t9-/m1/s1. The number of benzene rings is 1. The largest absolute Gasteiger partial charge is 0.398 e. The summed E-state index contributed by atoms with van der Waals surface area (Å²) in [5, 5.41) is 2.59. The van der Waals surface area contributed by atoms with E-state index in [0.29, 0.717) is 28.8 Å². The van der Waals surface area contributed by atoms with E-state index in [2.05, 4.69) is 5.32 Å². The molecule has 0 aromatic heterocycles. The average Bonchev–Trinajstić information content (AvgIpc) is 2.42. The monoisotopic (exact) mass is 338 g/mol. The fraction of sp³-hybridized carbons (Fsp3) is 0.462. The second-order valence-electron chi connectivity index (χ2n) is 4.28. The Hall–Kier alpha value is -0.860. The maximum absolute atomic E-state index is 12.3. The molecule has 3 N–H and O–H groups in total. The van der Waals surface area contributed by atoms with Crippen molar-refractivity contribution < 1.29 is 18.0 Å². The molecule has 0 spiro atoms. The third-order valence-electron chi connectivity index (χ3n) is 2.51. The third-order valence-corrected chi connectivity index (χ3v) is 4.29. The predicted octanol–water partition coefficient (Wildman–Crippen LogP) is 3.36. The van der Waals surface area contributed by atoms with Crippen LogP contribution in [0.25, 0.3) is 0 Å². The maximum Gasteiger partial charge on any atom is 0.398 e. The Labute approximate surface area is 130 Å². The summed E-state index contributed by atoms with van der Waals surface area (Å²) in [5.41, 5.74) is 6.09. The molecular weight excluding hydrogens is 321 g/mol. The van der Waals surface area contributed by atoms with Crippen molar-refractivity contribution in [2.24, 2.45) is 5.73 Å². The number of thioether (sulfide) groups is 2. The van der Waals surface area contributed by atoms with Crippen molar-refractivity contribution in [3.8, 4) is 0 Å². The Bertz CT molecular complexity index is 469. The molecule has 21 heavy (non-hydrogen) atoms. The lowest BCUT2D eigenvalue weighted by atomic mass is 10.2. The number of rotatable bonds is 7. The molecule has 3 nitrogen and oxygen atoms in total. The summed E-state index contributed by atoms with van der Waals surface area (Å²) in [4.78, 5) is 12.3. The molecule has 1 aromatic carbocycles. The zero-order valence-electron chi connectivity index (χ0n) is 11.4. The molecule has 1 atom stereocenters. The number of nitrogens with two attached hydrogens (primary N) is 1. The van der Waals surface area contributed by atoms with Gasteiger partial charge in [0.05, 0.1) is 17.5 Å². The summed E-state index contributed by atoms with van der Waals surface area (Å²) in [5.74, 6) is -0.638. The lowest BCUT2D eigenvalue weighted by Gasteiger charge is -2.15. The molecule has 8 heteroatoms. The van der Waals surface area contributed by atoms with Gasteiger partial charge in [-0.3, -0.25) is 4.79 Å². The summed E-state index contributed by atoms with van der Waals surface area (Å²) in [6, 6.07) is 5.72. The number of amides is 1. The summed E-state index contributed by atoms with van der Waals surface area (Å²) in [6.45, 7) is 0. The van der Waals surface area contributed by atoms with E-state index in [0.717, 1.165) is 5.75 Å². The maximum atomic E-state index is 12.3. The first-order chi connectivity index (χ1) is 9.83. The first-order valence-electron chi connectivity index (χ1n) is 6.17. The minimum atomic E-state index is -4.25. The van der Waals surface area contributed by atoms with Crippen LogP contribution in [0.4, 0.5) is 18.9 Å². The molecule has 1 amide bonds. The van der Waals surface area contributed by atoms with Crippen LogP contribution in [-0.2, 0) is 4.79 Å². The van der Waals surface area contributed by atoms with Gasteiger partial charge >= 0.3 is 6.18 Å². The molecule has 1 aromatic rings. The molecule has 0 aliphatic heterocycles. The Morgan fingerprint density at radius 1 is 1.38 bits per heavy atom. The van der Waals surface area contributed by atoms with E-state index in [-0.39, 0.29) is 5.91 Å². The summed E-state index contributed by atoms with van der Waals surface area (Å²) in [7, 11) is 0. The Balaban J connectivity index is 2.68. The second-order valence-corrected chi connectivity index (χ2v) is 6.28. The van der Waals surface area contributed by atoms with Crippen molar-refractivity contribution in [2.45, 2.75) is 23.5 Å². The van der Waals surface area contributed by atoms with Gasteiger partial charge in [0.2, 0.25) is 5.91 Å². The molecule has 0 radical (unpaired) electrons. The van der Waals surface area contributed by atoms with E-state index in [1.54, 1.807) is 36.0 Å². The van der Waals surface area contributed by atoms with E-state index < -0.39 is 18.0 Å². The minimum Gasteiger partial charge on any atom is -0.324 e. The molecule has 0 aliphatic rings. The van der Waals surface area contributed by atoms with Gasteiger partial charge in [0.1, 0.15) is 0 Å². The van der Waals surface area contributed by atoms with E-state index in [4.69, 9.17) is 5.73 Å². The minimum absolute atomic E-state index is 0.358. The summed E-state index contributed by atoms with van der Waals surface area (Å²) in [6.07, 6.45) is -1.82. The topological polar surface area (TPSA) is 55.1 Å². The Morgan fingerprint density at radius 2 is 2.05 bits per heavy atom. The number of para-hydroxylation sites is 1. The average molecular weight is 338 g/mol. The van der Waals surface area contributed by atoms with Gasteiger partial charge in [-0.15, -0.1) is 11.8 Å². The number of carbonyl (C=O) groups excluding carboxylic acids is 1. The fourth-order valence-corrected chi connectivity index (χ4v) is 2.71. The number of alkyl halides is 3. The Morgan fingerprint density at radius 3 is 2.67 bits per heavy atom. The first kappa shape index (κ1) is 18.2. The van der Waals surface area contributed by atoms with E-state index >= 15 is 0 Å². The van der Waals surface area contributed by atoms with Gasteiger partial charge in [-0.05, 0) is 30.6 Å². The van der Waals surface area contributed by atoms with Crippen LogP contribution in [0.1, 0.15) is 6.42 Å². The number of hydrogen-bond donors (Lipinski definition) is 2. The van der Waals surface area contributed by atoms with Gasteiger partial charge in [0, 0.05) is 4.90 Å². The van der Waals surface area contributed by atoms with Crippen LogP contribution in [0.2, 0.25) is 0 Å². The fourth-order valence-electron chi connectivity index (χ4n) is 1.46. The number of hydrogen-bond acceptors (Lipinski definition) is 4. The van der Waals surface area contributed by atoms with Crippen molar-refractivity contribution >= 4 is 35.1 Å². The van der Waals surface area contributed by atoms with Crippen LogP contribution in [0.5, 0.6) is 0 Å². The van der Waals surface area contributed by atoms with E-state index in [1.807, 2.05) is 6.26 Å². The highest BCUT2D eigenvalue weighted by Crippen LogP contribution is 2.32. The van der Waals surface area contributed by atoms with Crippen molar-refractivity contribution in [3.05, 3.63) is 24.3 Å². The van der Waals surface area contributed by atoms with Crippen LogP contribution < -0.4 is 11.1 Å². The first-order valence-corrected chi connectivity index (χ1v) is 8.55. The zero-order valence-corrected chi connectivity index (χ0v) is 13.1. The molecule has 0 aliphatic carbocycles. The summed E-state index contributed by atoms with van der Waals surface area (Å²) < 4.78 is 36.8. The second kappa shape index (κ2) is 8.55. The van der Waals surface area contributed by atoms with Gasteiger partial charge < -0.3 is 11.1 Å². The highest BCUT2D eigenvalue weighted by Gasteiger charge is 2.27. The van der Waals surface area contributed by atoms with Gasteiger partial charge in [-0.25, -0.2) is 0 Å². The van der Waals surface area contributed by atoms with Crippen molar-refractivity contribution in [2.75, 3.05) is 23.1 Å². The van der Waals surface area contributed by atoms with E-state index in [1.165, 1.54) is 0 Å². The van der Waals surface area contributed by atoms with Crippen LogP contribution in [0.3, 0.4) is 0 Å². The molecule has 0 heterocycles. The van der Waals surface area contributed by atoms with Crippen LogP contribution in [0.15, 0.2) is 29.2 Å². The summed E-state index contributed by atoms with van der Waals surface area (Å²) >= 11 is 2.22. The number of anilines is 1. The normalized spacial score (nSPS) is 13.0. The highest BCUT2D eigenvalue weighted by atomic mass is 32.2. The molecule has 0 unspecified atom stereocenters. The quantitative estimate of drug-likeness (QED) is 0.749. The van der Waals surface area contributed by atoms with Crippen LogP contribution >= 0.6 is 23.5 Å². The number of carbonyl (C=O) groups is 1. The highest BCUT2D eigenvalue weighted by molar-refractivity contribution is 7.99. The molecule has 118 valence electrons. The Kier molecular flexibility index (Phi) is 7.41. The van der Waals surface area contributed by atoms with Gasteiger partial charge in [-0.2, -0.15) is 24.9 Å². The van der Waals surface area contributed by atoms with Gasteiger partial charge in [0.15, 0.2) is 0 Å². The smallest absolute Gasteiger partial charge is 0.324 e. The zero-order chi connectivity index (χ0) is 15.9. The SMILES string of the molecule is CSCC[C@@H](N)C(=O)Nc1ccccc1SCC(F)(F)F. The van der Waals surface area contributed by atoms with Gasteiger partial charge in [-0.1, -0.05) is 12.1 Å². The van der Waals surface area contributed by atoms with Crippen LogP contribution in [-0.4, -0.2) is 35.9 Å². The molecule has 0 bridgehead atoms. The predicted molar refractivity (Wildman–Crippen MR) is 82.8 cm³/mol. The van der Waals surface area contributed by atoms with Crippen molar-refractivity contribution in [1.29, 1.82) is 0 Å². The van der Waals surface area contributed by atoms with Crippen LogP contribution in [0, 0.1) is 0 Å². The number of nitrogens with one attached hydrogen (secondary N) is 1. The number of halogens is 3. The molecule has 1 rings (SSSR count). The third kappa shape index (κ3) is 7.10. The molecular formula is C13H17F3N2OS2. The lowest BCUT2D eigenvalue weighted by molar-refractivity contribution is -0.117. The van der Waals surface area contributed by atoms with E-state index in [9.17, 15) is 18.0 Å². The molecule has 0 saturated heterocycles. The lowest BCUT2D eigenvalue weighted by Crippen LogP contribution is -2.36. The molecule has 0 fully saturated rings.